The molecular formula is C76H46O2. The zero-order chi connectivity index (χ0) is 51.3. The molecule has 0 radical (unpaired) electrons. The van der Waals surface area contributed by atoms with Crippen molar-refractivity contribution in [2.24, 2.45) is 0 Å². The van der Waals surface area contributed by atoms with Crippen LogP contribution in [-0.2, 0) is 0 Å². The number of rotatable bonds is 7. The Balaban J connectivity index is 0.913. The highest BCUT2D eigenvalue weighted by Gasteiger charge is 2.23. The van der Waals surface area contributed by atoms with Crippen molar-refractivity contribution in [3.05, 3.63) is 279 Å². The molecule has 2 heteroatoms. The second kappa shape index (κ2) is 17.7. The normalized spacial score (nSPS) is 11.8. The van der Waals surface area contributed by atoms with Crippen LogP contribution in [0.15, 0.2) is 288 Å². The van der Waals surface area contributed by atoms with Crippen LogP contribution >= 0.6 is 0 Å². The average molecular weight is 991 g/mol. The van der Waals surface area contributed by atoms with Crippen LogP contribution in [0.1, 0.15) is 0 Å². The van der Waals surface area contributed by atoms with Crippen molar-refractivity contribution in [2.75, 3.05) is 0 Å². The lowest BCUT2D eigenvalue weighted by molar-refractivity contribution is 0.669. The number of furan rings is 2. The first-order valence-corrected chi connectivity index (χ1v) is 26.8. The van der Waals surface area contributed by atoms with Crippen molar-refractivity contribution in [1.29, 1.82) is 0 Å². The van der Waals surface area contributed by atoms with Gasteiger partial charge in [-0.2, -0.15) is 0 Å². The summed E-state index contributed by atoms with van der Waals surface area (Å²) in [6.07, 6.45) is 0. The molecule has 78 heavy (non-hydrogen) atoms. The predicted octanol–water partition coefficient (Wildman–Crippen LogP) is 21.8. The van der Waals surface area contributed by atoms with Gasteiger partial charge in [0.2, 0.25) is 0 Å². The number of hydrogen-bond donors (Lipinski definition) is 0. The molecule has 0 atom stereocenters. The largest absolute Gasteiger partial charge is 0.455 e. The molecule has 0 saturated heterocycles. The summed E-state index contributed by atoms with van der Waals surface area (Å²) in [4.78, 5) is 0. The second-order valence-electron chi connectivity index (χ2n) is 20.6. The third kappa shape index (κ3) is 6.90. The third-order valence-corrected chi connectivity index (χ3v) is 16.2. The lowest BCUT2D eigenvalue weighted by Gasteiger charge is -2.18. The van der Waals surface area contributed by atoms with Crippen molar-refractivity contribution < 1.29 is 8.83 Å². The summed E-state index contributed by atoms with van der Waals surface area (Å²) < 4.78 is 13.9. The molecular weight excluding hydrogens is 945 g/mol. The van der Waals surface area contributed by atoms with E-state index < -0.39 is 0 Å². The van der Waals surface area contributed by atoms with Crippen molar-refractivity contribution in [2.45, 2.75) is 0 Å². The summed E-state index contributed by atoms with van der Waals surface area (Å²) in [7, 11) is 0. The first-order chi connectivity index (χ1) is 38.7. The molecule has 0 bridgehead atoms. The minimum atomic E-state index is 0.854. The van der Waals surface area contributed by atoms with Gasteiger partial charge in [-0.3, -0.25) is 0 Å². The van der Waals surface area contributed by atoms with Gasteiger partial charge in [-0.25, -0.2) is 0 Å². The second-order valence-corrected chi connectivity index (χ2v) is 20.6. The molecule has 16 rings (SSSR count). The van der Waals surface area contributed by atoms with Gasteiger partial charge in [0.25, 0.3) is 0 Å². The van der Waals surface area contributed by atoms with Gasteiger partial charge < -0.3 is 8.83 Å². The zero-order valence-corrected chi connectivity index (χ0v) is 42.4. The van der Waals surface area contributed by atoms with Gasteiger partial charge >= 0.3 is 0 Å². The van der Waals surface area contributed by atoms with E-state index in [9.17, 15) is 0 Å². The van der Waals surface area contributed by atoms with E-state index in [-0.39, 0.29) is 0 Å². The van der Waals surface area contributed by atoms with Crippen LogP contribution in [0.5, 0.6) is 0 Å². The van der Waals surface area contributed by atoms with Crippen LogP contribution in [0.2, 0.25) is 0 Å². The van der Waals surface area contributed by atoms with Crippen molar-refractivity contribution >= 4 is 87.0 Å². The molecule has 0 aliphatic rings. The molecule has 0 fully saturated rings. The maximum absolute atomic E-state index is 6.98. The van der Waals surface area contributed by atoms with Gasteiger partial charge in [0.05, 0.1) is 0 Å². The fourth-order valence-electron chi connectivity index (χ4n) is 12.8. The molecule has 0 aliphatic carbocycles. The summed E-state index contributed by atoms with van der Waals surface area (Å²) in [5, 5.41) is 14.1. The lowest BCUT2D eigenvalue weighted by atomic mass is 9.85. The first-order valence-electron chi connectivity index (χ1n) is 26.8. The quantitative estimate of drug-likeness (QED) is 0.149. The Labute approximate surface area is 450 Å². The minimum Gasteiger partial charge on any atom is -0.455 e. The van der Waals surface area contributed by atoms with Crippen LogP contribution < -0.4 is 0 Å². The maximum atomic E-state index is 6.98. The fourth-order valence-corrected chi connectivity index (χ4v) is 12.8. The maximum Gasteiger partial charge on any atom is 0.143 e. The average Bonchev–Trinajstić information content (AvgIpc) is 4.14. The Hall–Kier alpha value is -10.3. The summed E-state index contributed by atoms with van der Waals surface area (Å²) >= 11 is 0. The SMILES string of the molecule is c1ccc(-c2c3ccccc3c(-c3ccc4oc5c(-c6ccccc6)cc(-c6cccc(-c7cc(-c8c9ccccc9c(-c9ccccc9)c9ccccc89)cc8c7oc7ccccc78)c6)cc5c4c3)c3ccccc23)cc1. The number of benzene rings is 14. The van der Waals surface area contributed by atoms with Crippen LogP contribution in [0.25, 0.3) is 165 Å². The van der Waals surface area contributed by atoms with Crippen molar-refractivity contribution in [3.63, 3.8) is 0 Å². The van der Waals surface area contributed by atoms with E-state index in [0.29, 0.717) is 0 Å². The Bertz CT molecular complexity index is 4950. The van der Waals surface area contributed by atoms with Crippen LogP contribution in [0.3, 0.4) is 0 Å². The zero-order valence-electron chi connectivity index (χ0n) is 42.4. The first kappa shape index (κ1) is 44.1. The molecule has 0 unspecified atom stereocenters. The van der Waals surface area contributed by atoms with Gasteiger partial charge in [-0.1, -0.05) is 231 Å². The molecule has 16 aromatic rings. The summed E-state index contributed by atoms with van der Waals surface area (Å²) in [5.41, 5.74) is 19.6. The van der Waals surface area contributed by atoms with E-state index in [1.54, 1.807) is 0 Å². The van der Waals surface area contributed by atoms with Crippen LogP contribution in [0, 0.1) is 0 Å². The molecule has 0 spiro atoms. The summed E-state index contributed by atoms with van der Waals surface area (Å²) in [5.74, 6) is 0. The van der Waals surface area contributed by atoms with Gasteiger partial charge in [-0.15, -0.1) is 0 Å². The number of hydrogen-bond acceptors (Lipinski definition) is 2. The van der Waals surface area contributed by atoms with E-state index in [2.05, 4.69) is 279 Å². The fraction of sp³-hybridized carbons (Fsp3) is 0. The molecule has 0 amide bonds. The topological polar surface area (TPSA) is 26.3 Å². The molecule has 14 aromatic carbocycles. The molecule has 2 nitrogen and oxygen atoms in total. The molecule has 0 saturated carbocycles. The van der Waals surface area contributed by atoms with E-state index in [0.717, 1.165) is 88.4 Å². The van der Waals surface area contributed by atoms with E-state index >= 15 is 0 Å². The van der Waals surface area contributed by atoms with Crippen molar-refractivity contribution in [1.82, 2.24) is 0 Å². The van der Waals surface area contributed by atoms with Crippen LogP contribution in [0.4, 0.5) is 0 Å². The molecule has 362 valence electrons. The number of fused-ring (bicyclic) bond motifs is 10. The summed E-state index contributed by atoms with van der Waals surface area (Å²) in [6, 6.07) is 101. The van der Waals surface area contributed by atoms with Crippen LogP contribution in [-0.4, -0.2) is 0 Å². The molecule has 2 aromatic heterocycles. The Morgan fingerprint density at radius 1 is 0.167 bits per heavy atom. The highest BCUT2D eigenvalue weighted by atomic mass is 16.3. The highest BCUT2D eigenvalue weighted by Crippen LogP contribution is 2.49. The monoisotopic (exact) mass is 990 g/mol. The van der Waals surface area contributed by atoms with Crippen molar-refractivity contribution in [3.8, 4) is 77.9 Å². The molecule has 0 aliphatic heterocycles. The highest BCUT2D eigenvalue weighted by molar-refractivity contribution is 6.24. The van der Waals surface area contributed by atoms with Gasteiger partial charge in [0.15, 0.2) is 0 Å². The Morgan fingerprint density at radius 2 is 0.513 bits per heavy atom. The van der Waals surface area contributed by atoms with E-state index in [1.165, 1.54) is 76.5 Å². The van der Waals surface area contributed by atoms with Gasteiger partial charge in [0.1, 0.15) is 22.3 Å². The molecule has 0 N–H and O–H groups in total. The molecule has 2 heterocycles. The van der Waals surface area contributed by atoms with E-state index in [4.69, 9.17) is 8.83 Å². The third-order valence-electron chi connectivity index (χ3n) is 16.2. The minimum absolute atomic E-state index is 0.854. The van der Waals surface area contributed by atoms with Gasteiger partial charge in [0, 0.05) is 32.7 Å². The standard InChI is InChI=1S/C76H46O2/c1-4-21-47(22-5-1)64-43-53(44-68-66-42-52(39-40-70(66)78-75(64)68)73-60-34-14-10-30-56(60)71(48-23-6-2-7-24-48)57-31-11-15-35-61(57)73)50-27-20-28-51(41-50)65-45-54(46-67-55-29-18-19-38-69(55)77-76(65)67)74-62-36-16-12-32-58(62)72(49-25-8-3-9-26-49)59-33-13-17-37-63(59)74/h1-46H. The van der Waals surface area contributed by atoms with Gasteiger partial charge in [-0.05, 0) is 158 Å². The Morgan fingerprint density at radius 3 is 1.04 bits per heavy atom. The van der Waals surface area contributed by atoms with E-state index in [1.807, 2.05) is 0 Å². The lowest BCUT2D eigenvalue weighted by Crippen LogP contribution is -1.91. The Kier molecular flexibility index (Phi) is 9.98. The predicted molar refractivity (Wildman–Crippen MR) is 329 cm³/mol. The summed E-state index contributed by atoms with van der Waals surface area (Å²) in [6.45, 7) is 0. The smallest absolute Gasteiger partial charge is 0.143 e. The number of para-hydroxylation sites is 1.